The van der Waals surface area contributed by atoms with E-state index in [0.717, 1.165) is 16.5 Å². The van der Waals surface area contributed by atoms with E-state index in [0.29, 0.717) is 12.0 Å². The van der Waals surface area contributed by atoms with Crippen LogP contribution in [0.1, 0.15) is 65.0 Å². The first-order chi connectivity index (χ1) is 23.5. The van der Waals surface area contributed by atoms with Crippen LogP contribution in [0.15, 0.2) is 60.8 Å². The van der Waals surface area contributed by atoms with Crippen LogP contribution < -0.4 is 27.0 Å². The predicted molar refractivity (Wildman–Crippen MR) is 187 cm³/mol. The van der Waals surface area contributed by atoms with Gasteiger partial charge < -0.3 is 41.8 Å². The first-order valence-electron chi connectivity index (χ1n) is 16.5. The van der Waals surface area contributed by atoms with Crippen molar-refractivity contribution in [3.05, 3.63) is 71.9 Å². The molecule has 3 rings (SSSR count). The van der Waals surface area contributed by atoms with Crippen molar-refractivity contribution in [3.8, 4) is 0 Å². The van der Waals surface area contributed by atoms with Gasteiger partial charge in [-0.05, 0) is 50.3 Å². The molecule has 0 aliphatic rings. The van der Waals surface area contributed by atoms with E-state index in [1.54, 1.807) is 57.3 Å². The van der Waals surface area contributed by atoms with Crippen LogP contribution >= 0.6 is 0 Å². The topological polar surface area (TPSA) is 222 Å². The number of aliphatic carboxylic acids is 1. The molecular formula is C36H48N6O8. The van der Waals surface area contributed by atoms with Crippen molar-refractivity contribution in [1.82, 2.24) is 26.3 Å². The Balaban J connectivity index is 1.76. The maximum absolute atomic E-state index is 13.8. The van der Waals surface area contributed by atoms with Crippen LogP contribution in [-0.2, 0) is 41.6 Å². The van der Waals surface area contributed by atoms with Crippen LogP contribution in [0.5, 0.6) is 0 Å². The third-order valence-electron chi connectivity index (χ3n) is 7.61. The summed E-state index contributed by atoms with van der Waals surface area (Å²) in [5.74, 6) is -4.33. The Labute approximate surface area is 291 Å². The molecule has 3 aromatic rings. The third kappa shape index (κ3) is 12.9. The molecule has 2 unspecified atom stereocenters. The van der Waals surface area contributed by atoms with Crippen LogP contribution in [0.4, 0.5) is 4.79 Å². The summed E-state index contributed by atoms with van der Waals surface area (Å²) in [5.41, 5.74) is 7.05. The Morgan fingerprint density at radius 3 is 2.06 bits per heavy atom. The first kappa shape index (κ1) is 39.0. The molecule has 0 radical (unpaired) electrons. The van der Waals surface area contributed by atoms with Crippen molar-refractivity contribution in [3.63, 3.8) is 0 Å². The number of benzene rings is 2. The Morgan fingerprint density at radius 1 is 0.800 bits per heavy atom. The number of amides is 5. The average Bonchev–Trinajstić information content (AvgIpc) is 3.41. The van der Waals surface area contributed by atoms with Gasteiger partial charge in [-0.25, -0.2) is 4.79 Å². The molecule has 0 saturated heterocycles. The van der Waals surface area contributed by atoms with Gasteiger partial charge in [-0.2, -0.15) is 0 Å². The van der Waals surface area contributed by atoms with Gasteiger partial charge in [0.05, 0.1) is 6.42 Å². The van der Waals surface area contributed by atoms with Gasteiger partial charge in [0.1, 0.15) is 23.7 Å². The van der Waals surface area contributed by atoms with E-state index >= 15 is 0 Å². The van der Waals surface area contributed by atoms with Gasteiger partial charge in [0.2, 0.25) is 23.6 Å². The van der Waals surface area contributed by atoms with E-state index in [1.807, 2.05) is 38.1 Å². The highest BCUT2D eigenvalue weighted by Gasteiger charge is 2.31. The summed E-state index contributed by atoms with van der Waals surface area (Å²) in [6.07, 6.45) is 0.430. The number of primary amides is 1. The summed E-state index contributed by atoms with van der Waals surface area (Å²) < 4.78 is 5.42. The molecule has 2 aromatic carbocycles. The van der Waals surface area contributed by atoms with Crippen LogP contribution in [0.25, 0.3) is 10.9 Å². The number of rotatable bonds is 17. The quantitative estimate of drug-likeness (QED) is 0.111. The van der Waals surface area contributed by atoms with Gasteiger partial charge >= 0.3 is 12.1 Å². The Hall–Kier alpha value is -5.40. The number of nitrogens with two attached hydrogens (primary N) is 1. The van der Waals surface area contributed by atoms with E-state index in [1.165, 1.54) is 0 Å². The third-order valence-corrected chi connectivity index (χ3v) is 7.61. The maximum Gasteiger partial charge on any atom is 0.408 e. The Bertz CT molecular complexity index is 1650. The minimum atomic E-state index is -1.53. The van der Waals surface area contributed by atoms with Gasteiger partial charge in [0.15, 0.2) is 0 Å². The van der Waals surface area contributed by atoms with E-state index in [2.05, 4.69) is 26.3 Å². The molecule has 0 aliphatic heterocycles. The molecule has 5 amide bonds. The zero-order chi connectivity index (χ0) is 37.0. The molecule has 0 saturated carbocycles. The standard InChI is InChI=1S/C36H48N6O8/c1-21(2)15-24(18-30(43)40-29(19-31(44)45)34(48)41-27(32(37)46)16-22-11-7-6-8-12-22)39-33(47)28(42-35(49)50-36(3,4)5)17-23-20-38-26-14-10-9-13-25(23)26/h6-14,20-21,24,27-29,38H,15-19H2,1-5H3,(H2,37,46)(H,39,47)(H,40,43)(H,41,48)(H,42,49)(H,44,45)/t24?,27-,28?,29-/m1/s1. The lowest BCUT2D eigenvalue weighted by Gasteiger charge is -2.27. The van der Waals surface area contributed by atoms with E-state index in [-0.39, 0.29) is 25.2 Å². The molecule has 1 heterocycles. The van der Waals surface area contributed by atoms with Gasteiger partial charge in [-0.15, -0.1) is 0 Å². The molecule has 0 spiro atoms. The second-order valence-electron chi connectivity index (χ2n) is 13.7. The molecule has 8 N–H and O–H groups in total. The Morgan fingerprint density at radius 2 is 1.44 bits per heavy atom. The highest BCUT2D eigenvalue weighted by molar-refractivity contribution is 5.94. The average molecular weight is 693 g/mol. The predicted octanol–water partition coefficient (Wildman–Crippen LogP) is 2.70. The second-order valence-corrected chi connectivity index (χ2v) is 13.7. The minimum absolute atomic E-state index is 0.0198. The minimum Gasteiger partial charge on any atom is -0.481 e. The van der Waals surface area contributed by atoms with Crippen LogP contribution in [-0.4, -0.2) is 75.6 Å². The summed E-state index contributed by atoms with van der Waals surface area (Å²) >= 11 is 0. The van der Waals surface area contributed by atoms with E-state index in [4.69, 9.17) is 10.5 Å². The summed E-state index contributed by atoms with van der Waals surface area (Å²) in [6.45, 7) is 8.91. The summed E-state index contributed by atoms with van der Waals surface area (Å²) in [6, 6.07) is 11.8. The zero-order valence-corrected chi connectivity index (χ0v) is 29.1. The van der Waals surface area contributed by atoms with Gasteiger partial charge in [-0.3, -0.25) is 24.0 Å². The van der Waals surface area contributed by atoms with Gasteiger partial charge in [0.25, 0.3) is 0 Å². The smallest absolute Gasteiger partial charge is 0.408 e. The SMILES string of the molecule is CC(C)CC(CC(=O)N[C@H](CC(=O)O)C(=O)N[C@H](Cc1ccccc1)C(N)=O)NC(=O)C(Cc1c[nH]c2ccccc12)NC(=O)OC(C)(C)C. The van der Waals surface area contributed by atoms with E-state index < -0.39 is 71.9 Å². The number of para-hydroxylation sites is 1. The molecule has 4 atom stereocenters. The number of carboxylic acid groups (broad SMARTS) is 1. The molecule has 0 fully saturated rings. The number of hydrogen-bond acceptors (Lipinski definition) is 7. The highest BCUT2D eigenvalue weighted by Crippen LogP contribution is 2.20. The largest absolute Gasteiger partial charge is 0.481 e. The van der Waals surface area contributed by atoms with Crippen molar-refractivity contribution >= 4 is 46.6 Å². The summed E-state index contributed by atoms with van der Waals surface area (Å²) in [5, 5.41) is 20.8. The van der Waals surface area contributed by atoms with Crippen molar-refractivity contribution in [2.75, 3.05) is 0 Å². The van der Waals surface area contributed by atoms with Crippen LogP contribution in [0.2, 0.25) is 0 Å². The fourth-order valence-corrected chi connectivity index (χ4v) is 5.45. The summed E-state index contributed by atoms with van der Waals surface area (Å²) in [7, 11) is 0. The number of carboxylic acids is 1. The fraction of sp³-hybridized carbons (Fsp3) is 0.444. The molecule has 50 heavy (non-hydrogen) atoms. The van der Waals surface area contributed by atoms with Crippen LogP contribution in [0, 0.1) is 5.92 Å². The van der Waals surface area contributed by atoms with Crippen molar-refractivity contribution < 1.29 is 38.6 Å². The number of ether oxygens (including phenoxy) is 1. The van der Waals surface area contributed by atoms with Crippen LogP contribution in [0.3, 0.4) is 0 Å². The highest BCUT2D eigenvalue weighted by atomic mass is 16.6. The molecule has 1 aromatic heterocycles. The summed E-state index contributed by atoms with van der Waals surface area (Å²) in [4.78, 5) is 80.0. The number of aromatic nitrogens is 1. The molecular weight excluding hydrogens is 644 g/mol. The Kier molecular flexibility index (Phi) is 13.9. The number of aromatic amines is 1. The molecule has 0 bridgehead atoms. The lowest BCUT2D eigenvalue weighted by molar-refractivity contribution is -0.141. The van der Waals surface area contributed by atoms with Crippen molar-refractivity contribution in [1.29, 1.82) is 0 Å². The van der Waals surface area contributed by atoms with Crippen molar-refractivity contribution in [2.24, 2.45) is 11.7 Å². The number of hydrogen-bond donors (Lipinski definition) is 7. The van der Waals surface area contributed by atoms with Gasteiger partial charge in [0, 0.05) is 42.4 Å². The van der Waals surface area contributed by atoms with Gasteiger partial charge in [-0.1, -0.05) is 62.4 Å². The number of fused-ring (bicyclic) bond motifs is 1. The monoisotopic (exact) mass is 692 g/mol. The number of H-pyrrole nitrogens is 1. The normalized spacial score (nSPS) is 13.8. The number of alkyl carbamates (subject to hydrolysis) is 1. The maximum atomic E-state index is 13.8. The number of carbonyl (C=O) groups excluding carboxylic acids is 5. The first-order valence-corrected chi connectivity index (χ1v) is 16.5. The zero-order valence-electron chi connectivity index (χ0n) is 29.1. The number of nitrogens with one attached hydrogen (secondary N) is 5. The van der Waals surface area contributed by atoms with E-state index in [9.17, 15) is 33.9 Å². The molecule has 14 heteroatoms. The van der Waals surface area contributed by atoms with Crippen molar-refractivity contribution in [2.45, 2.75) is 96.5 Å². The molecule has 270 valence electrons. The molecule has 0 aliphatic carbocycles. The lowest BCUT2D eigenvalue weighted by Crippen LogP contribution is -2.55. The second kappa shape index (κ2) is 17.8. The fourth-order valence-electron chi connectivity index (χ4n) is 5.45. The molecule has 14 nitrogen and oxygen atoms in total. The number of carbonyl (C=O) groups is 6. The lowest BCUT2D eigenvalue weighted by atomic mass is 9.99.